The van der Waals surface area contributed by atoms with Crippen LogP contribution in [0.2, 0.25) is 0 Å². The normalized spacial score (nSPS) is 13.9. The summed E-state index contributed by atoms with van der Waals surface area (Å²) in [7, 11) is 0. The number of hydrogen-bond donors (Lipinski definition) is 3. The van der Waals surface area contributed by atoms with E-state index in [1.54, 1.807) is 11.8 Å². The Morgan fingerprint density at radius 2 is 2.50 bits per heavy atom. The summed E-state index contributed by atoms with van der Waals surface area (Å²) in [6.45, 7) is 0.108. The summed E-state index contributed by atoms with van der Waals surface area (Å²) in [4.78, 5) is 0. The lowest BCUT2D eigenvalue weighted by atomic mass is 10.4. The number of nitrogens with two attached hydrogens (primary N) is 1. The lowest BCUT2D eigenvalue weighted by molar-refractivity contribution is 0.255. The van der Waals surface area contributed by atoms with Crippen molar-refractivity contribution in [1.29, 1.82) is 0 Å². The molecule has 0 aliphatic heterocycles. The van der Waals surface area contributed by atoms with Gasteiger partial charge in [-0.15, -0.1) is 0 Å². The number of thioether (sulfide) groups is 1. The van der Waals surface area contributed by atoms with Crippen molar-refractivity contribution in [2.24, 2.45) is 5.84 Å². The van der Waals surface area contributed by atoms with Crippen molar-refractivity contribution < 1.29 is 5.11 Å². The van der Waals surface area contributed by atoms with Gasteiger partial charge in [0.2, 0.25) is 0 Å². The number of aliphatic hydroxyl groups is 1. The number of rotatable bonds is 4. The molecule has 4 heteroatoms. The van der Waals surface area contributed by atoms with Crippen LogP contribution in [-0.4, -0.2) is 29.8 Å². The third kappa shape index (κ3) is 3.26. The predicted octanol–water partition coefficient (Wildman–Crippen LogP) is -0.826. The topological polar surface area (TPSA) is 58.3 Å². The minimum atomic E-state index is 0.0463. The van der Waals surface area contributed by atoms with E-state index < -0.39 is 0 Å². The fraction of sp³-hybridized carbons (Fsp3) is 1.00. The molecule has 0 aliphatic rings. The minimum Gasteiger partial charge on any atom is -0.395 e. The third-order valence-corrected chi connectivity index (χ3v) is 1.56. The van der Waals surface area contributed by atoms with Gasteiger partial charge in [-0.05, 0) is 6.26 Å². The van der Waals surface area contributed by atoms with Crippen LogP contribution in [0.3, 0.4) is 0 Å². The first kappa shape index (κ1) is 8.23. The highest BCUT2D eigenvalue weighted by molar-refractivity contribution is 7.98. The summed E-state index contributed by atoms with van der Waals surface area (Å²) >= 11 is 1.66. The van der Waals surface area contributed by atoms with E-state index >= 15 is 0 Å². The minimum absolute atomic E-state index is 0.0463. The zero-order valence-electron chi connectivity index (χ0n) is 4.92. The van der Waals surface area contributed by atoms with E-state index in [1.165, 1.54) is 0 Å². The van der Waals surface area contributed by atoms with Crippen LogP contribution in [0.1, 0.15) is 0 Å². The van der Waals surface area contributed by atoms with E-state index in [9.17, 15) is 0 Å². The molecule has 0 rings (SSSR count). The SMILES string of the molecule is CSC[C@@H](CO)NN. The molecule has 50 valence electrons. The molecule has 0 aromatic heterocycles. The molecule has 0 heterocycles. The molecule has 8 heavy (non-hydrogen) atoms. The maximum absolute atomic E-state index is 8.50. The van der Waals surface area contributed by atoms with Crippen molar-refractivity contribution in [3.63, 3.8) is 0 Å². The standard InChI is InChI=1S/C4H12N2OS/c1-8-3-4(2-7)6-5/h4,6-7H,2-3,5H2,1H3/t4-/m1/s1. The lowest BCUT2D eigenvalue weighted by Crippen LogP contribution is -2.39. The van der Waals surface area contributed by atoms with Crippen molar-refractivity contribution in [3.05, 3.63) is 0 Å². The molecule has 0 amide bonds. The quantitative estimate of drug-likeness (QED) is 0.349. The van der Waals surface area contributed by atoms with Gasteiger partial charge < -0.3 is 5.11 Å². The van der Waals surface area contributed by atoms with E-state index in [0.29, 0.717) is 0 Å². The molecular weight excluding hydrogens is 124 g/mol. The maximum atomic E-state index is 8.50. The van der Waals surface area contributed by atoms with Gasteiger partial charge in [0.1, 0.15) is 0 Å². The predicted molar refractivity (Wildman–Crippen MR) is 36.6 cm³/mol. The van der Waals surface area contributed by atoms with Crippen LogP contribution in [0.25, 0.3) is 0 Å². The highest BCUT2D eigenvalue weighted by Gasteiger charge is 2.00. The van der Waals surface area contributed by atoms with Crippen molar-refractivity contribution in [2.75, 3.05) is 18.6 Å². The molecule has 0 unspecified atom stereocenters. The van der Waals surface area contributed by atoms with Crippen LogP contribution in [0.15, 0.2) is 0 Å². The van der Waals surface area contributed by atoms with Gasteiger partial charge in [-0.2, -0.15) is 11.8 Å². The maximum Gasteiger partial charge on any atom is 0.0606 e. The Morgan fingerprint density at radius 1 is 1.88 bits per heavy atom. The summed E-state index contributed by atoms with van der Waals surface area (Å²) in [5.74, 6) is 5.90. The average molecular weight is 136 g/mol. The molecule has 0 radical (unpaired) electrons. The monoisotopic (exact) mass is 136 g/mol. The molecule has 0 saturated carbocycles. The first-order valence-corrected chi connectivity index (χ1v) is 3.80. The van der Waals surface area contributed by atoms with Gasteiger partial charge in [-0.3, -0.25) is 11.3 Å². The Kier molecular flexibility index (Phi) is 5.52. The molecule has 0 fully saturated rings. The van der Waals surface area contributed by atoms with Gasteiger partial charge >= 0.3 is 0 Å². The lowest BCUT2D eigenvalue weighted by Gasteiger charge is -2.08. The average Bonchev–Trinajstić information content (AvgIpc) is 1.83. The zero-order valence-corrected chi connectivity index (χ0v) is 5.74. The Morgan fingerprint density at radius 3 is 2.62 bits per heavy atom. The Bertz CT molecular complexity index is 49.3. The Hall–Kier alpha value is 0.230. The summed E-state index contributed by atoms with van der Waals surface area (Å²) in [6.07, 6.45) is 1.97. The van der Waals surface area contributed by atoms with Crippen LogP contribution in [-0.2, 0) is 0 Å². The van der Waals surface area contributed by atoms with Crippen LogP contribution >= 0.6 is 11.8 Å². The van der Waals surface area contributed by atoms with Crippen molar-refractivity contribution in [1.82, 2.24) is 5.43 Å². The van der Waals surface area contributed by atoms with E-state index in [-0.39, 0.29) is 12.6 Å². The van der Waals surface area contributed by atoms with Gasteiger partial charge in [0.05, 0.1) is 12.6 Å². The second kappa shape index (κ2) is 5.37. The van der Waals surface area contributed by atoms with E-state index in [0.717, 1.165) is 5.75 Å². The molecule has 4 N–H and O–H groups in total. The van der Waals surface area contributed by atoms with Gasteiger partial charge in [-0.1, -0.05) is 0 Å². The summed E-state index contributed by atoms with van der Waals surface area (Å²) in [5.41, 5.74) is 2.48. The molecule has 0 spiro atoms. The second-order valence-corrected chi connectivity index (χ2v) is 2.41. The third-order valence-electron chi connectivity index (χ3n) is 0.824. The molecule has 0 saturated heterocycles. The summed E-state index contributed by atoms with van der Waals surface area (Å²) in [5, 5.41) is 8.50. The van der Waals surface area contributed by atoms with Crippen molar-refractivity contribution in [3.8, 4) is 0 Å². The largest absolute Gasteiger partial charge is 0.395 e. The van der Waals surface area contributed by atoms with Crippen LogP contribution in [0.5, 0.6) is 0 Å². The van der Waals surface area contributed by atoms with Crippen molar-refractivity contribution >= 4 is 11.8 Å². The highest BCUT2D eigenvalue weighted by atomic mass is 32.2. The van der Waals surface area contributed by atoms with Gasteiger partial charge in [-0.25, -0.2) is 0 Å². The molecule has 0 aliphatic carbocycles. The van der Waals surface area contributed by atoms with Crippen molar-refractivity contribution in [2.45, 2.75) is 6.04 Å². The van der Waals surface area contributed by atoms with E-state index in [4.69, 9.17) is 10.9 Å². The van der Waals surface area contributed by atoms with Crippen LogP contribution in [0, 0.1) is 0 Å². The molecule has 3 nitrogen and oxygen atoms in total. The summed E-state index contributed by atoms with van der Waals surface area (Å²) in [6, 6.07) is 0.0463. The fourth-order valence-corrected chi connectivity index (χ4v) is 0.959. The van der Waals surface area contributed by atoms with Crippen LogP contribution in [0.4, 0.5) is 0 Å². The van der Waals surface area contributed by atoms with Gasteiger partial charge in [0.25, 0.3) is 0 Å². The Balaban J connectivity index is 3.07. The van der Waals surface area contributed by atoms with Gasteiger partial charge in [0, 0.05) is 5.75 Å². The van der Waals surface area contributed by atoms with E-state index in [2.05, 4.69) is 5.43 Å². The fourth-order valence-electron chi connectivity index (χ4n) is 0.355. The number of nitrogens with one attached hydrogen (secondary N) is 1. The molecule has 0 aromatic rings. The van der Waals surface area contributed by atoms with Crippen LogP contribution < -0.4 is 11.3 Å². The second-order valence-electron chi connectivity index (χ2n) is 1.50. The smallest absolute Gasteiger partial charge is 0.0606 e. The first-order valence-electron chi connectivity index (χ1n) is 2.41. The molecule has 1 atom stereocenters. The molecule has 0 bridgehead atoms. The zero-order chi connectivity index (χ0) is 6.41. The first-order chi connectivity index (χ1) is 3.85. The van der Waals surface area contributed by atoms with E-state index in [1.807, 2.05) is 6.26 Å². The number of aliphatic hydroxyl groups excluding tert-OH is 1. The molecule has 0 aromatic carbocycles. The number of hydrogen-bond acceptors (Lipinski definition) is 4. The molecular formula is C4H12N2OS. The number of hydrazine groups is 1. The summed E-state index contributed by atoms with van der Waals surface area (Å²) < 4.78 is 0. The highest BCUT2D eigenvalue weighted by Crippen LogP contribution is 1.93. The van der Waals surface area contributed by atoms with Gasteiger partial charge in [0.15, 0.2) is 0 Å². The Labute approximate surface area is 53.6 Å².